The van der Waals surface area contributed by atoms with E-state index in [4.69, 9.17) is 0 Å². The van der Waals surface area contributed by atoms with Gasteiger partial charge in [-0.3, -0.25) is 9.69 Å². The van der Waals surface area contributed by atoms with Crippen LogP contribution in [0.25, 0.3) is 0 Å². The molecule has 1 amide bonds. The summed E-state index contributed by atoms with van der Waals surface area (Å²) in [6, 6.07) is 4.62. The Labute approximate surface area is 121 Å². The van der Waals surface area contributed by atoms with Crippen LogP contribution in [-0.4, -0.2) is 30.4 Å². The first-order valence-electron chi connectivity index (χ1n) is 6.52. The number of hydrogen-bond acceptors (Lipinski definition) is 2. The van der Waals surface area contributed by atoms with Gasteiger partial charge < -0.3 is 5.32 Å². The Bertz CT molecular complexity index is 467. The summed E-state index contributed by atoms with van der Waals surface area (Å²) in [7, 11) is 0. The van der Waals surface area contributed by atoms with Gasteiger partial charge in [0.1, 0.15) is 5.82 Å². The standard InChI is InChI=1S/C14H18BrFN2O/c1-10-3-2-6-18(8-10)9-14(19)17-13-5-4-11(15)7-12(13)16/h4-5,7,10H,2-3,6,8-9H2,1H3,(H,17,19)/t10-/m0/s1. The molecule has 5 heteroatoms. The SMILES string of the molecule is C[C@H]1CCCN(CC(=O)Nc2ccc(Br)cc2F)C1. The van der Waals surface area contributed by atoms with Crippen molar-refractivity contribution in [1.82, 2.24) is 4.90 Å². The zero-order valence-electron chi connectivity index (χ0n) is 11.0. The van der Waals surface area contributed by atoms with Gasteiger partial charge in [-0.15, -0.1) is 0 Å². The van der Waals surface area contributed by atoms with E-state index in [1.807, 2.05) is 0 Å². The van der Waals surface area contributed by atoms with E-state index in [9.17, 15) is 9.18 Å². The van der Waals surface area contributed by atoms with Crippen molar-refractivity contribution < 1.29 is 9.18 Å². The lowest BCUT2D eigenvalue weighted by Crippen LogP contribution is -2.39. The Hall–Kier alpha value is -0.940. The highest BCUT2D eigenvalue weighted by molar-refractivity contribution is 9.10. The van der Waals surface area contributed by atoms with E-state index >= 15 is 0 Å². The van der Waals surface area contributed by atoms with Gasteiger partial charge in [-0.2, -0.15) is 0 Å². The molecular formula is C14H18BrFN2O. The number of nitrogens with one attached hydrogen (secondary N) is 1. The van der Waals surface area contributed by atoms with Crippen molar-refractivity contribution in [3.63, 3.8) is 0 Å². The van der Waals surface area contributed by atoms with Crippen LogP contribution in [0.5, 0.6) is 0 Å². The predicted molar refractivity (Wildman–Crippen MR) is 77.6 cm³/mol. The van der Waals surface area contributed by atoms with E-state index in [1.165, 1.54) is 12.5 Å². The molecule has 0 unspecified atom stereocenters. The third kappa shape index (κ3) is 4.28. The molecule has 0 saturated carbocycles. The van der Waals surface area contributed by atoms with Crippen LogP contribution in [0.2, 0.25) is 0 Å². The minimum Gasteiger partial charge on any atom is -0.322 e. The molecule has 1 aliphatic rings. The van der Waals surface area contributed by atoms with Crippen molar-refractivity contribution in [2.45, 2.75) is 19.8 Å². The number of carbonyl (C=O) groups is 1. The molecule has 2 rings (SSSR count). The van der Waals surface area contributed by atoms with Crippen LogP contribution in [0.3, 0.4) is 0 Å². The molecule has 1 aromatic rings. The summed E-state index contributed by atoms with van der Waals surface area (Å²) in [6.07, 6.45) is 2.35. The number of hydrogen-bond donors (Lipinski definition) is 1. The number of amides is 1. The quantitative estimate of drug-likeness (QED) is 0.923. The summed E-state index contributed by atoms with van der Waals surface area (Å²) >= 11 is 3.19. The monoisotopic (exact) mass is 328 g/mol. The Morgan fingerprint density at radius 1 is 1.58 bits per heavy atom. The molecule has 19 heavy (non-hydrogen) atoms. The number of piperidine rings is 1. The summed E-state index contributed by atoms with van der Waals surface area (Å²) in [5, 5.41) is 2.62. The fourth-order valence-electron chi connectivity index (χ4n) is 2.41. The average molecular weight is 329 g/mol. The molecule has 1 atom stereocenters. The maximum absolute atomic E-state index is 13.6. The summed E-state index contributed by atoms with van der Waals surface area (Å²) in [6.45, 7) is 4.41. The maximum atomic E-state index is 13.6. The number of halogens is 2. The molecule has 1 aromatic carbocycles. The van der Waals surface area contributed by atoms with Gasteiger partial charge in [0.2, 0.25) is 5.91 Å². The van der Waals surface area contributed by atoms with Gasteiger partial charge >= 0.3 is 0 Å². The molecule has 1 aliphatic heterocycles. The van der Waals surface area contributed by atoms with Gasteiger partial charge in [0, 0.05) is 11.0 Å². The highest BCUT2D eigenvalue weighted by atomic mass is 79.9. The van der Waals surface area contributed by atoms with Crippen molar-refractivity contribution in [1.29, 1.82) is 0 Å². The van der Waals surface area contributed by atoms with Gasteiger partial charge in [0.25, 0.3) is 0 Å². The minimum absolute atomic E-state index is 0.157. The Morgan fingerprint density at radius 3 is 3.05 bits per heavy atom. The summed E-state index contributed by atoms with van der Waals surface area (Å²) in [5.41, 5.74) is 0.234. The zero-order valence-corrected chi connectivity index (χ0v) is 12.5. The molecule has 1 N–H and O–H groups in total. The molecule has 104 valence electrons. The van der Waals surface area contributed by atoms with E-state index in [2.05, 4.69) is 33.1 Å². The molecular weight excluding hydrogens is 311 g/mol. The second-order valence-corrected chi connectivity index (χ2v) is 6.07. The van der Waals surface area contributed by atoms with E-state index in [1.54, 1.807) is 12.1 Å². The van der Waals surface area contributed by atoms with Crippen molar-refractivity contribution in [2.24, 2.45) is 5.92 Å². The van der Waals surface area contributed by atoms with Crippen LogP contribution >= 0.6 is 15.9 Å². The molecule has 0 bridgehead atoms. The Balaban J connectivity index is 1.90. The second-order valence-electron chi connectivity index (χ2n) is 5.15. The van der Waals surface area contributed by atoms with Crippen molar-refractivity contribution in [2.75, 3.05) is 25.0 Å². The fourth-order valence-corrected chi connectivity index (χ4v) is 2.75. The summed E-state index contributed by atoms with van der Waals surface area (Å²) < 4.78 is 14.3. The molecule has 0 aliphatic carbocycles. The molecule has 1 saturated heterocycles. The molecule has 1 fully saturated rings. The highest BCUT2D eigenvalue weighted by Crippen LogP contribution is 2.20. The van der Waals surface area contributed by atoms with Crippen molar-refractivity contribution in [3.8, 4) is 0 Å². The number of likely N-dealkylation sites (tertiary alicyclic amines) is 1. The lowest BCUT2D eigenvalue weighted by molar-refractivity contribution is -0.117. The Kier molecular flexibility index (Phi) is 4.93. The van der Waals surface area contributed by atoms with Gasteiger partial charge in [-0.25, -0.2) is 4.39 Å². The van der Waals surface area contributed by atoms with Gasteiger partial charge in [-0.05, 0) is 43.5 Å². The minimum atomic E-state index is -0.422. The van der Waals surface area contributed by atoms with E-state index in [0.29, 0.717) is 16.9 Å². The molecule has 0 aromatic heterocycles. The number of carbonyl (C=O) groups excluding carboxylic acids is 1. The lowest BCUT2D eigenvalue weighted by atomic mass is 10.0. The maximum Gasteiger partial charge on any atom is 0.238 e. The van der Waals surface area contributed by atoms with Crippen LogP contribution in [0.4, 0.5) is 10.1 Å². The van der Waals surface area contributed by atoms with Gasteiger partial charge in [-0.1, -0.05) is 22.9 Å². The summed E-state index contributed by atoms with van der Waals surface area (Å²) in [5.74, 6) is 0.0519. The first-order valence-corrected chi connectivity index (χ1v) is 7.31. The number of rotatable bonds is 3. The first kappa shape index (κ1) is 14.5. The number of nitrogens with zero attached hydrogens (tertiary/aromatic N) is 1. The van der Waals surface area contributed by atoms with Crippen LogP contribution in [0, 0.1) is 11.7 Å². The summed E-state index contributed by atoms with van der Waals surface area (Å²) in [4.78, 5) is 14.0. The molecule has 1 heterocycles. The third-order valence-corrected chi connectivity index (χ3v) is 3.81. The second kappa shape index (κ2) is 6.48. The zero-order chi connectivity index (χ0) is 13.8. The van der Waals surface area contributed by atoms with Crippen molar-refractivity contribution >= 4 is 27.5 Å². The van der Waals surface area contributed by atoms with Gasteiger partial charge in [0.15, 0.2) is 0 Å². The average Bonchev–Trinajstić information content (AvgIpc) is 2.33. The topological polar surface area (TPSA) is 32.3 Å². The molecule has 0 radical (unpaired) electrons. The third-order valence-electron chi connectivity index (χ3n) is 3.31. The predicted octanol–water partition coefficient (Wildman–Crippen LogP) is 3.26. The van der Waals surface area contributed by atoms with Crippen molar-refractivity contribution in [3.05, 3.63) is 28.5 Å². The lowest BCUT2D eigenvalue weighted by Gasteiger charge is -2.30. The first-order chi connectivity index (χ1) is 9.04. The highest BCUT2D eigenvalue weighted by Gasteiger charge is 2.18. The Morgan fingerprint density at radius 2 is 2.37 bits per heavy atom. The van der Waals surface area contributed by atoms with E-state index in [-0.39, 0.29) is 11.6 Å². The smallest absolute Gasteiger partial charge is 0.238 e. The van der Waals surface area contributed by atoms with Crippen LogP contribution in [0.1, 0.15) is 19.8 Å². The van der Waals surface area contributed by atoms with Gasteiger partial charge in [0.05, 0.1) is 12.2 Å². The molecule has 3 nitrogen and oxygen atoms in total. The van der Waals surface area contributed by atoms with Crippen LogP contribution < -0.4 is 5.32 Å². The normalized spacial score (nSPS) is 20.3. The van der Waals surface area contributed by atoms with E-state index < -0.39 is 5.82 Å². The number of benzene rings is 1. The van der Waals surface area contributed by atoms with Crippen LogP contribution in [0.15, 0.2) is 22.7 Å². The largest absolute Gasteiger partial charge is 0.322 e. The fraction of sp³-hybridized carbons (Fsp3) is 0.500. The number of anilines is 1. The molecule has 0 spiro atoms. The van der Waals surface area contributed by atoms with E-state index in [0.717, 1.165) is 19.5 Å². The van der Waals surface area contributed by atoms with Crippen LogP contribution in [-0.2, 0) is 4.79 Å².